The van der Waals surface area contributed by atoms with E-state index in [0.717, 1.165) is 5.56 Å². The smallest absolute Gasteiger partial charge is 0.239 e. The molecular weight excluding hydrogens is 183 g/mol. The SMILES string of the molecule is Cc1cc(F)cc(-c2nc(N)n[nH]2)c1. The number of nitrogens with zero attached hydrogens (tertiary/aromatic N) is 2. The Balaban J connectivity index is 2.51. The van der Waals surface area contributed by atoms with Crippen molar-refractivity contribution in [3.63, 3.8) is 0 Å². The Labute approximate surface area is 80.0 Å². The Morgan fingerprint density at radius 1 is 1.36 bits per heavy atom. The molecular formula is C9H9FN4. The van der Waals surface area contributed by atoms with Crippen LogP contribution in [0.5, 0.6) is 0 Å². The van der Waals surface area contributed by atoms with E-state index in [0.29, 0.717) is 11.4 Å². The summed E-state index contributed by atoms with van der Waals surface area (Å²) in [4.78, 5) is 3.91. The third kappa shape index (κ3) is 1.56. The minimum Gasteiger partial charge on any atom is -0.366 e. The summed E-state index contributed by atoms with van der Waals surface area (Å²) >= 11 is 0. The molecule has 0 radical (unpaired) electrons. The molecule has 0 unspecified atom stereocenters. The van der Waals surface area contributed by atoms with Gasteiger partial charge in [-0.25, -0.2) is 4.39 Å². The minimum atomic E-state index is -0.296. The molecule has 3 N–H and O–H groups in total. The maximum Gasteiger partial charge on any atom is 0.239 e. The highest BCUT2D eigenvalue weighted by molar-refractivity contribution is 5.56. The number of benzene rings is 1. The first kappa shape index (κ1) is 8.68. The number of H-pyrrole nitrogens is 1. The topological polar surface area (TPSA) is 67.6 Å². The lowest BCUT2D eigenvalue weighted by molar-refractivity contribution is 0.627. The normalized spacial score (nSPS) is 10.4. The highest BCUT2D eigenvalue weighted by Gasteiger charge is 2.05. The summed E-state index contributed by atoms with van der Waals surface area (Å²) in [5.41, 5.74) is 6.82. The van der Waals surface area contributed by atoms with Crippen LogP contribution in [0.4, 0.5) is 10.3 Å². The van der Waals surface area contributed by atoms with E-state index in [2.05, 4.69) is 15.2 Å². The zero-order valence-corrected chi connectivity index (χ0v) is 7.58. The molecule has 4 nitrogen and oxygen atoms in total. The van der Waals surface area contributed by atoms with Crippen LogP contribution in [0.2, 0.25) is 0 Å². The zero-order valence-electron chi connectivity index (χ0n) is 7.58. The van der Waals surface area contributed by atoms with Crippen molar-refractivity contribution < 1.29 is 4.39 Å². The van der Waals surface area contributed by atoms with Gasteiger partial charge in [0.2, 0.25) is 5.95 Å². The van der Waals surface area contributed by atoms with E-state index < -0.39 is 0 Å². The summed E-state index contributed by atoms with van der Waals surface area (Å²) in [6.07, 6.45) is 0. The van der Waals surface area contributed by atoms with Crippen LogP contribution in [0.1, 0.15) is 5.56 Å². The van der Waals surface area contributed by atoms with Crippen molar-refractivity contribution in [3.8, 4) is 11.4 Å². The van der Waals surface area contributed by atoms with E-state index in [4.69, 9.17) is 5.73 Å². The van der Waals surface area contributed by atoms with Crippen molar-refractivity contribution in [2.45, 2.75) is 6.92 Å². The van der Waals surface area contributed by atoms with Gasteiger partial charge in [0.25, 0.3) is 0 Å². The zero-order chi connectivity index (χ0) is 10.1. The fourth-order valence-corrected chi connectivity index (χ4v) is 1.28. The average Bonchev–Trinajstić information content (AvgIpc) is 2.50. The molecule has 0 fully saturated rings. The molecule has 0 aliphatic rings. The van der Waals surface area contributed by atoms with E-state index in [1.807, 2.05) is 13.0 Å². The number of nitrogens with one attached hydrogen (secondary N) is 1. The summed E-state index contributed by atoms with van der Waals surface area (Å²) in [5.74, 6) is 0.335. The molecule has 0 saturated heterocycles. The maximum atomic E-state index is 13.0. The molecule has 1 aromatic carbocycles. The van der Waals surface area contributed by atoms with Crippen molar-refractivity contribution in [3.05, 3.63) is 29.6 Å². The van der Waals surface area contributed by atoms with Crippen LogP contribution in [-0.2, 0) is 0 Å². The third-order valence-electron chi connectivity index (χ3n) is 1.82. The average molecular weight is 192 g/mol. The van der Waals surface area contributed by atoms with Gasteiger partial charge < -0.3 is 5.73 Å². The molecule has 0 spiro atoms. The molecule has 1 aromatic heterocycles. The number of hydrogen-bond donors (Lipinski definition) is 2. The van der Waals surface area contributed by atoms with Gasteiger partial charge >= 0.3 is 0 Å². The number of hydrogen-bond acceptors (Lipinski definition) is 3. The van der Waals surface area contributed by atoms with Gasteiger partial charge in [-0.1, -0.05) is 0 Å². The minimum absolute atomic E-state index is 0.155. The Hall–Kier alpha value is -1.91. The lowest BCUT2D eigenvalue weighted by Crippen LogP contribution is -1.87. The van der Waals surface area contributed by atoms with Crippen molar-refractivity contribution in [1.29, 1.82) is 0 Å². The molecule has 5 heteroatoms. The summed E-state index contributed by atoms with van der Waals surface area (Å²) < 4.78 is 13.0. The molecule has 2 aromatic rings. The number of nitrogen functional groups attached to an aromatic ring is 1. The molecule has 0 atom stereocenters. The van der Waals surface area contributed by atoms with Crippen molar-refractivity contribution in [2.75, 3.05) is 5.73 Å². The predicted molar refractivity (Wildman–Crippen MR) is 50.9 cm³/mol. The van der Waals surface area contributed by atoms with E-state index in [9.17, 15) is 4.39 Å². The predicted octanol–water partition coefficient (Wildman–Crippen LogP) is 1.50. The van der Waals surface area contributed by atoms with Crippen LogP contribution in [0, 0.1) is 12.7 Å². The van der Waals surface area contributed by atoms with Gasteiger partial charge in [0.15, 0.2) is 5.82 Å². The van der Waals surface area contributed by atoms with Gasteiger partial charge in [-0.05, 0) is 30.7 Å². The van der Waals surface area contributed by atoms with Gasteiger partial charge in [-0.15, -0.1) is 5.10 Å². The van der Waals surface area contributed by atoms with Crippen LogP contribution < -0.4 is 5.73 Å². The highest BCUT2D eigenvalue weighted by Crippen LogP contribution is 2.18. The highest BCUT2D eigenvalue weighted by atomic mass is 19.1. The fourth-order valence-electron chi connectivity index (χ4n) is 1.28. The van der Waals surface area contributed by atoms with Crippen LogP contribution in [0.15, 0.2) is 18.2 Å². The van der Waals surface area contributed by atoms with E-state index in [-0.39, 0.29) is 11.8 Å². The number of halogens is 1. The Morgan fingerprint density at radius 3 is 2.71 bits per heavy atom. The summed E-state index contributed by atoms with van der Waals surface area (Å²) in [5, 5.41) is 6.29. The van der Waals surface area contributed by atoms with Crippen LogP contribution in [-0.4, -0.2) is 15.2 Å². The summed E-state index contributed by atoms with van der Waals surface area (Å²) in [6.45, 7) is 1.81. The van der Waals surface area contributed by atoms with Crippen molar-refractivity contribution >= 4 is 5.95 Å². The first-order valence-electron chi connectivity index (χ1n) is 4.10. The molecule has 72 valence electrons. The number of nitrogens with two attached hydrogens (primary N) is 1. The number of aromatic amines is 1. The fraction of sp³-hybridized carbons (Fsp3) is 0.111. The number of anilines is 1. The van der Waals surface area contributed by atoms with Crippen molar-refractivity contribution in [2.24, 2.45) is 0 Å². The second kappa shape index (κ2) is 3.10. The number of aryl methyl sites for hydroxylation is 1. The monoisotopic (exact) mass is 192 g/mol. The van der Waals surface area contributed by atoms with E-state index in [1.54, 1.807) is 0 Å². The second-order valence-electron chi connectivity index (χ2n) is 3.06. The maximum absolute atomic E-state index is 13.0. The largest absolute Gasteiger partial charge is 0.366 e. The number of rotatable bonds is 1. The summed E-state index contributed by atoms with van der Waals surface area (Å²) in [7, 11) is 0. The molecule has 0 saturated carbocycles. The lowest BCUT2D eigenvalue weighted by atomic mass is 10.1. The van der Waals surface area contributed by atoms with Gasteiger partial charge in [0, 0.05) is 5.56 Å². The van der Waals surface area contributed by atoms with Gasteiger partial charge in [-0.2, -0.15) is 4.98 Å². The van der Waals surface area contributed by atoms with E-state index in [1.165, 1.54) is 12.1 Å². The Bertz CT molecular complexity index is 443. The summed E-state index contributed by atoms with van der Waals surface area (Å²) in [6, 6.07) is 4.64. The van der Waals surface area contributed by atoms with Gasteiger partial charge in [0.1, 0.15) is 5.82 Å². The van der Waals surface area contributed by atoms with Gasteiger partial charge in [0.05, 0.1) is 0 Å². The molecule has 1 heterocycles. The van der Waals surface area contributed by atoms with Gasteiger partial charge in [-0.3, -0.25) is 5.10 Å². The first-order valence-corrected chi connectivity index (χ1v) is 4.10. The molecule has 14 heavy (non-hydrogen) atoms. The standard InChI is InChI=1S/C9H9FN4/c1-5-2-6(4-7(10)3-5)8-12-9(11)14-13-8/h2-4H,1H3,(H3,11,12,13,14). The second-order valence-corrected chi connectivity index (χ2v) is 3.06. The molecule has 2 rings (SSSR count). The molecule has 0 aliphatic carbocycles. The van der Waals surface area contributed by atoms with Crippen LogP contribution >= 0.6 is 0 Å². The van der Waals surface area contributed by atoms with Crippen LogP contribution in [0.25, 0.3) is 11.4 Å². The lowest BCUT2D eigenvalue weighted by Gasteiger charge is -1.98. The Kier molecular flexibility index (Phi) is 1.92. The van der Waals surface area contributed by atoms with Crippen molar-refractivity contribution in [1.82, 2.24) is 15.2 Å². The Morgan fingerprint density at radius 2 is 2.14 bits per heavy atom. The number of aromatic nitrogens is 3. The molecule has 0 bridgehead atoms. The van der Waals surface area contributed by atoms with E-state index >= 15 is 0 Å². The molecule has 0 aliphatic heterocycles. The quantitative estimate of drug-likeness (QED) is 0.719. The third-order valence-corrected chi connectivity index (χ3v) is 1.82. The molecule has 0 amide bonds. The van der Waals surface area contributed by atoms with Crippen LogP contribution in [0.3, 0.4) is 0 Å². The first-order chi connectivity index (χ1) is 6.65.